The summed E-state index contributed by atoms with van der Waals surface area (Å²) in [6.07, 6.45) is 3.04. The lowest BCUT2D eigenvalue weighted by molar-refractivity contribution is -0.142. The molecular weight excluding hydrogens is 234 g/mol. The third-order valence-electron chi connectivity index (χ3n) is 4.00. The van der Waals surface area contributed by atoms with Crippen molar-refractivity contribution < 1.29 is 14.3 Å². The van der Waals surface area contributed by atoms with Crippen LogP contribution in [0.3, 0.4) is 0 Å². The molecule has 6 nitrogen and oxygen atoms in total. The fourth-order valence-electron chi connectivity index (χ4n) is 2.96. The molecule has 0 aromatic carbocycles. The van der Waals surface area contributed by atoms with E-state index in [2.05, 4.69) is 15.4 Å². The second-order valence-electron chi connectivity index (χ2n) is 5.29. The molecule has 2 aliphatic heterocycles. The monoisotopic (exact) mass is 255 g/mol. The van der Waals surface area contributed by atoms with E-state index in [1.807, 2.05) is 0 Å². The van der Waals surface area contributed by atoms with Gasteiger partial charge in [0.25, 0.3) is 0 Å². The van der Waals surface area contributed by atoms with Gasteiger partial charge in [0.1, 0.15) is 6.04 Å². The van der Waals surface area contributed by atoms with Crippen LogP contribution < -0.4 is 16.4 Å². The Morgan fingerprint density at radius 1 is 1.56 bits per heavy atom. The van der Waals surface area contributed by atoms with E-state index < -0.39 is 12.0 Å². The highest BCUT2D eigenvalue weighted by Gasteiger charge is 2.45. The molecule has 0 saturated carbocycles. The Kier molecular flexibility index (Phi) is 3.87. The van der Waals surface area contributed by atoms with Gasteiger partial charge in [-0.3, -0.25) is 9.59 Å². The van der Waals surface area contributed by atoms with Crippen molar-refractivity contribution in [3.63, 3.8) is 0 Å². The van der Waals surface area contributed by atoms with Gasteiger partial charge >= 0.3 is 5.97 Å². The Labute approximate surface area is 107 Å². The van der Waals surface area contributed by atoms with E-state index in [1.165, 1.54) is 7.11 Å². The molecule has 0 radical (unpaired) electrons. The lowest BCUT2D eigenvalue weighted by atomic mass is 9.83. The van der Waals surface area contributed by atoms with Gasteiger partial charge in [-0.25, -0.2) is 0 Å². The zero-order chi connectivity index (χ0) is 13.2. The minimum Gasteiger partial charge on any atom is -0.468 e. The molecule has 0 aromatic heterocycles. The van der Waals surface area contributed by atoms with Gasteiger partial charge in [-0.1, -0.05) is 0 Å². The van der Waals surface area contributed by atoms with E-state index in [1.54, 1.807) is 0 Å². The number of rotatable bonds is 3. The highest BCUT2D eigenvalue weighted by atomic mass is 16.5. The van der Waals surface area contributed by atoms with Crippen LogP contribution in [0.25, 0.3) is 0 Å². The number of nitrogens with one attached hydrogen (secondary N) is 2. The van der Waals surface area contributed by atoms with Crippen LogP contribution in [0.15, 0.2) is 0 Å². The molecule has 2 heterocycles. The van der Waals surface area contributed by atoms with Crippen LogP contribution in [0, 0.1) is 5.92 Å². The normalized spacial score (nSPS) is 27.9. The van der Waals surface area contributed by atoms with Crippen molar-refractivity contribution in [1.29, 1.82) is 0 Å². The summed E-state index contributed by atoms with van der Waals surface area (Å²) in [5.74, 6) is -0.595. The van der Waals surface area contributed by atoms with Crippen LogP contribution >= 0.6 is 0 Å². The molecule has 2 aliphatic rings. The predicted molar refractivity (Wildman–Crippen MR) is 65.7 cm³/mol. The topological polar surface area (TPSA) is 93.4 Å². The number of piperidine rings is 1. The highest BCUT2D eigenvalue weighted by molar-refractivity contribution is 5.83. The average Bonchev–Trinajstić information content (AvgIpc) is 2.65. The summed E-state index contributed by atoms with van der Waals surface area (Å²) in [6.45, 7) is 1.85. The molecule has 0 aromatic rings. The van der Waals surface area contributed by atoms with Crippen LogP contribution in [0.2, 0.25) is 0 Å². The minimum atomic E-state index is -0.706. The summed E-state index contributed by atoms with van der Waals surface area (Å²) in [7, 11) is 1.31. The molecule has 4 N–H and O–H groups in total. The molecule has 1 spiro atoms. The Morgan fingerprint density at radius 2 is 2.22 bits per heavy atom. The average molecular weight is 255 g/mol. The van der Waals surface area contributed by atoms with Gasteiger partial charge in [0.05, 0.1) is 7.11 Å². The fourth-order valence-corrected chi connectivity index (χ4v) is 2.96. The Hall–Kier alpha value is -1.14. The first-order valence-corrected chi connectivity index (χ1v) is 6.42. The van der Waals surface area contributed by atoms with E-state index in [-0.39, 0.29) is 17.4 Å². The summed E-state index contributed by atoms with van der Waals surface area (Å²) in [4.78, 5) is 23.2. The van der Waals surface area contributed by atoms with E-state index in [0.29, 0.717) is 6.42 Å². The van der Waals surface area contributed by atoms with E-state index in [0.717, 1.165) is 32.4 Å². The number of hydrogen-bond acceptors (Lipinski definition) is 5. The van der Waals surface area contributed by atoms with Crippen molar-refractivity contribution in [3.05, 3.63) is 0 Å². The molecule has 1 amide bonds. The molecule has 18 heavy (non-hydrogen) atoms. The van der Waals surface area contributed by atoms with Gasteiger partial charge in [-0.2, -0.15) is 0 Å². The molecular formula is C12H21N3O3. The van der Waals surface area contributed by atoms with Gasteiger partial charge in [0.15, 0.2) is 0 Å². The molecule has 0 bridgehead atoms. The highest BCUT2D eigenvalue weighted by Crippen LogP contribution is 2.34. The number of esters is 1. The van der Waals surface area contributed by atoms with Crippen LogP contribution in [0.5, 0.6) is 0 Å². The summed E-state index contributed by atoms with van der Waals surface area (Å²) in [5, 5.41) is 6.38. The SMILES string of the molecule is COC(=O)C(N)CC1CC2(CCNCC2)NC1=O. The quantitative estimate of drug-likeness (QED) is 0.570. The molecule has 0 aliphatic carbocycles. The maximum Gasteiger partial charge on any atom is 0.322 e. The number of carbonyl (C=O) groups is 2. The first-order chi connectivity index (χ1) is 8.56. The Bertz CT molecular complexity index is 339. The molecule has 2 atom stereocenters. The van der Waals surface area contributed by atoms with E-state index in [9.17, 15) is 9.59 Å². The van der Waals surface area contributed by atoms with Crippen LogP contribution in [-0.4, -0.2) is 43.7 Å². The second kappa shape index (κ2) is 5.24. The first-order valence-electron chi connectivity index (χ1n) is 6.42. The number of carbonyl (C=O) groups excluding carboxylic acids is 2. The third kappa shape index (κ3) is 2.64. The number of amides is 1. The van der Waals surface area contributed by atoms with Crippen molar-refractivity contribution in [2.45, 2.75) is 37.3 Å². The third-order valence-corrected chi connectivity index (χ3v) is 4.00. The van der Waals surface area contributed by atoms with Crippen LogP contribution in [0.1, 0.15) is 25.7 Å². The molecule has 102 valence electrons. The van der Waals surface area contributed by atoms with E-state index >= 15 is 0 Å². The van der Waals surface area contributed by atoms with Crippen molar-refractivity contribution >= 4 is 11.9 Å². The zero-order valence-electron chi connectivity index (χ0n) is 10.7. The van der Waals surface area contributed by atoms with Crippen LogP contribution in [0.4, 0.5) is 0 Å². The molecule has 2 unspecified atom stereocenters. The van der Waals surface area contributed by atoms with E-state index in [4.69, 9.17) is 5.73 Å². The zero-order valence-corrected chi connectivity index (χ0v) is 10.7. The first kappa shape index (κ1) is 13.3. The Balaban J connectivity index is 1.94. The predicted octanol–water partition coefficient (Wildman–Crippen LogP) is -0.865. The smallest absolute Gasteiger partial charge is 0.322 e. The van der Waals surface area contributed by atoms with Gasteiger partial charge in [-0.05, 0) is 38.8 Å². The number of hydrogen-bond donors (Lipinski definition) is 3. The molecule has 2 saturated heterocycles. The lowest BCUT2D eigenvalue weighted by Gasteiger charge is -2.33. The number of methoxy groups -OCH3 is 1. The van der Waals surface area contributed by atoms with Gasteiger partial charge < -0.3 is 21.1 Å². The fraction of sp³-hybridized carbons (Fsp3) is 0.833. The van der Waals surface area contributed by atoms with Crippen molar-refractivity contribution in [2.24, 2.45) is 11.7 Å². The number of nitrogens with two attached hydrogens (primary N) is 1. The summed E-state index contributed by atoms with van der Waals surface area (Å²) in [5.41, 5.74) is 5.64. The minimum absolute atomic E-state index is 0.0243. The van der Waals surface area contributed by atoms with Gasteiger partial charge in [0, 0.05) is 11.5 Å². The van der Waals surface area contributed by atoms with Crippen LogP contribution in [-0.2, 0) is 14.3 Å². The maximum absolute atomic E-state index is 12.0. The molecule has 2 fully saturated rings. The molecule has 2 rings (SSSR count). The maximum atomic E-state index is 12.0. The summed E-state index contributed by atoms with van der Waals surface area (Å²) in [6, 6.07) is -0.706. The van der Waals surface area contributed by atoms with Crippen molar-refractivity contribution in [3.8, 4) is 0 Å². The number of ether oxygens (including phenoxy) is 1. The lowest BCUT2D eigenvalue weighted by Crippen LogP contribution is -2.49. The molecule has 6 heteroatoms. The second-order valence-corrected chi connectivity index (χ2v) is 5.29. The van der Waals surface area contributed by atoms with Crippen molar-refractivity contribution in [2.75, 3.05) is 20.2 Å². The Morgan fingerprint density at radius 3 is 2.83 bits per heavy atom. The largest absolute Gasteiger partial charge is 0.468 e. The van der Waals surface area contributed by atoms with Gasteiger partial charge in [0.2, 0.25) is 5.91 Å². The summed E-state index contributed by atoms with van der Waals surface area (Å²) >= 11 is 0. The summed E-state index contributed by atoms with van der Waals surface area (Å²) < 4.78 is 4.59. The standard InChI is InChI=1S/C12H21N3O3/c1-18-11(17)9(13)6-8-7-12(15-10(8)16)2-4-14-5-3-12/h8-9,14H,2-7,13H2,1H3,(H,15,16). The van der Waals surface area contributed by atoms with Crippen molar-refractivity contribution in [1.82, 2.24) is 10.6 Å². The van der Waals surface area contributed by atoms with Gasteiger partial charge in [-0.15, -0.1) is 0 Å².